The zero-order chi connectivity index (χ0) is 13.0. The first-order chi connectivity index (χ1) is 8.77. The van der Waals surface area contributed by atoms with E-state index in [-0.39, 0.29) is 0 Å². The molecule has 1 saturated heterocycles. The molecule has 18 heavy (non-hydrogen) atoms. The van der Waals surface area contributed by atoms with Crippen LogP contribution in [0.1, 0.15) is 65.2 Å². The summed E-state index contributed by atoms with van der Waals surface area (Å²) in [5, 5.41) is 0. The van der Waals surface area contributed by atoms with E-state index in [0.29, 0.717) is 6.04 Å². The quantitative estimate of drug-likeness (QED) is 0.812. The molecule has 0 amide bonds. The third kappa shape index (κ3) is 3.08. The van der Waals surface area contributed by atoms with E-state index in [9.17, 15) is 0 Å². The molecule has 1 heterocycles. The van der Waals surface area contributed by atoms with Gasteiger partial charge in [-0.25, -0.2) is 0 Å². The zero-order valence-electron chi connectivity index (χ0n) is 12.4. The van der Waals surface area contributed by atoms with Crippen LogP contribution in [-0.2, 0) is 0 Å². The maximum atomic E-state index is 6.11. The summed E-state index contributed by atoms with van der Waals surface area (Å²) in [5.41, 5.74) is 6.11. The molecule has 0 bridgehead atoms. The standard InChI is InChI=1S/C16H32N2/c1-3-7-13(2)16(12-17)18-11-6-9-14-8-4-5-10-15(14)18/h13-16H,3-12,17H2,1-2H3/t13?,14-,15-,16?/m1/s1. The van der Waals surface area contributed by atoms with Gasteiger partial charge in [-0.3, -0.25) is 4.90 Å². The van der Waals surface area contributed by atoms with Gasteiger partial charge in [-0.05, 0) is 50.5 Å². The first kappa shape index (κ1) is 14.3. The normalized spacial score (nSPS) is 32.8. The van der Waals surface area contributed by atoms with Gasteiger partial charge in [0.15, 0.2) is 0 Å². The van der Waals surface area contributed by atoms with Crippen molar-refractivity contribution in [3.8, 4) is 0 Å². The average molecular weight is 252 g/mol. The summed E-state index contributed by atoms with van der Waals surface area (Å²) in [4.78, 5) is 2.81. The maximum absolute atomic E-state index is 6.11. The van der Waals surface area contributed by atoms with Gasteiger partial charge in [0.1, 0.15) is 0 Å². The summed E-state index contributed by atoms with van der Waals surface area (Å²) in [7, 11) is 0. The van der Waals surface area contributed by atoms with Crippen molar-refractivity contribution >= 4 is 0 Å². The van der Waals surface area contributed by atoms with Crippen LogP contribution in [-0.4, -0.2) is 30.1 Å². The highest BCUT2D eigenvalue weighted by molar-refractivity contribution is 4.92. The van der Waals surface area contributed by atoms with E-state index in [4.69, 9.17) is 5.73 Å². The summed E-state index contributed by atoms with van der Waals surface area (Å²) in [6, 6.07) is 1.50. The lowest BCUT2D eigenvalue weighted by Gasteiger charge is -2.49. The lowest BCUT2D eigenvalue weighted by molar-refractivity contribution is 0.00907. The Morgan fingerprint density at radius 2 is 1.89 bits per heavy atom. The smallest absolute Gasteiger partial charge is 0.0247 e. The Labute approximate surface area is 113 Å². The molecule has 2 N–H and O–H groups in total. The largest absolute Gasteiger partial charge is 0.329 e. The Kier molecular flexibility index (Phi) is 5.50. The zero-order valence-corrected chi connectivity index (χ0v) is 12.4. The van der Waals surface area contributed by atoms with Crippen molar-refractivity contribution in [3.63, 3.8) is 0 Å². The molecule has 0 radical (unpaired) electrons. The minimum absolute atomic E-state index is 0.635. The molecule has 1 saturated carbocycles. The van der Waals surface area contributed by atoms with Gasteiger partial charge in [0, 0.05) is 18.6 Å². The highest BCUT2D eigenvalue weighted by Gasteiger charge is 2.37. The number of hydrogen-bond donors (Lipinski definition) is 1. The Balaban J connectivity index is 2.03. The van der Waals surface area contributed by atoms with E-state index >= 15 is 0 Å². The van der Waals surface area contributed by atoms with Crippen molar-refractivity contribution in [1.82, 2.24) is 4.90 Å². The number of nitrogens with zero attached hydrogens (tertiary/aromatic N) is 1. The number of nitrogens with two attached hydrogens (primary N) is 1. The minimum atomic E-state index is 0.635. The molecule has 106 valence electrons. The number of fused-ring (bicyclic) bond motifs is 1. The molecule has 0 spiro atoms. The first-order valence-electron chi connectivity index (χ1n) is 8.23. The molecule has 2 unspecified atom stereocenters. The van der Waals surface area contributed by atoms with Crippen molar-refractivity contribution in [2.24, 2.45) is 17.6 Å². The average Bonchev–Trinajstić information content (AvgIpc) is 2.40. The number of rotatable bonds is 5. The summed E-state index contributed by atoms with van der Waals surface area (Å²) in [5.74, 6) is 1.75. The van der Waals surface area contributed by atoms with Gasteiger partial charge in [0.25, 0.3) is 0 Å². The van der Waals surface area contributed by atoms with Crippen LogP contribution in [0.3, 0.4) is 0 Å². The van der Waals surface area contributed by atoms with Crippen LogP contribution in [0.4, 0.5) is 0 Å². The van der Waals surface area contributed by atoms with E-state index in [2.05, 4.69) is 18.7 Å². The van der Waals surface area contributed by atoms with Crippen LogP contribution in [0.15, 0.2) is 0 Å². The Morgan fingerprint density at radius 3 is 2.61 bits per heavy atom. The molecule has 1 aliphatic carbocycles. The molecule has 1 aliphatic heterocycles. The van der Waals surface area contributed by atoms with Gasteiger partial charge < -0.3 is 5.73 Å². The maximum Gasteiger partial charge on any atom is 0.0247 e. The van der Waals surface area contributed by atoms with E-state index in [1.54, 1.807) is 0 Å². The highest BCUT2D eigenvalue weighted by atomic mass is 15.2. The second-order valence-electron chi connectivity index (χ2n) is 6.56. The van der Waals surface area contributed by atoms with E-state index < -0.39 is 0 Å². The number of piperidine rings is 1. The van der Waals surface area contributed by atoms with Crippen LogP contribution in [0, 0.1) is 11.8 Å². The van der Waals surface area contributed by atoms with Gasteiger partial charge in [0.05, 0.1) is 0 Å². The van der Waals surface area contributed by atoms with Crippen LogP contribution >= 0.6 is 0 Å². The van der Waals surface area contributed by atoms with Crippen LogP contribution < -0.4 is 5.73 Å². The van der Waals surface area contributed by atoms with Gasteiger partial charge in [-0.2, -0.15) is 0 Å². The number of hydrogen-bond acceptors (Lipinski definition) is 2. The third-order valence-corrected chi connectivity index (χ3v) is 5.35. The SMILES string of the molecule is CCCC(C)C(CN)N1CCC[C@H]2CCCC[C@H]21. The topological polar surface area (TPSA) is 29.3 Å². The van der Waals surface area contributed by atoms with Gasteiger partial charge >= 0.3 is 0 Å². The predicted octanol–water partition coefficient (Wildman–Crippen LogP) is 3.40. The highest BCUT2D eigenvalue weighted by Crippen LogP contribution is 2.37. The lowest BCUT2D eigenvalue weighted by atomic mass is 9.77. The molecular formula is C16H32N2. The molecular weight excluding hydrogens is 220 g/mol. The molecule has 2 nitrogen and oxygen atoms in total. The van der Waals surface area contributed by atoms with Crippen molar-refractivity contribution in [2.75, 3.05) is 13.1 Å². The molecule has 2 fully saturated rings. The molecule has 2 heteroatoms. The first-order valence-corrected chi connectivity index (χ1v) is 8.23. The second kappa shape index (κ2) is 6.91. The molecule has 0 aromatic rings. The Morgan fingerprint density at radius 1 is 1.17 bits per heavy atom. The Hall–Kier alpha value is -0.0800. The summed E-state index contributed by atoms with van der Waals surface area (Å²) < 4.78 is 0. The van der Waals surface area contributed by atoms with Crippen LogP contribution in [0.25, 0.3) is 0 Å². The van der Waals surface area contributed by atoms with Crippen molar-refractivity contribution in [2.45, 2.75) is 77.3 Å². The van der Waals surface area contributed by atoms with Gasteiger partial charge in [-0.1, -0.05) is 33.1 Å². The molecule has 0 aromatic carbocycles. The lowest BCUT2D eigenvalue weighted by Crippen LogP contribution is -2.55. The van der Waals surface area contributed by atoms with Gasteiger partial charge in [0.2, 0.25) is 0 Å². The molecule has 0 aromatic heterocycles. The summed E-state index contributed by atoms with van der Waals surface area (Å²) in [6.07, 6.45) is 11.3. The summed E-state index contributed by atoms with van der Waals surface area (Å²) in [6.45, 7) is 6.86. The van der Waals surface area contributed by atoms with Crippen LogP contribution in [0.5, 0.6) is 0 Å². The molecule has 2 rings (SSSR count). The fraction of sp³-hybridized carbons (Fsp3) is 1.00. The van der Waals surface area contributed by atoms with E-state index in [1.165, 1.54) is 57.9 Å². The molecule has 4 atom stereocenters. The predicted molar refractivity (Wildman–Crippen MR) is 78.6 cm³/mol. The number of likely N-dealkylation sites (tertiary alicyclic amines) is 1. The van der Waals surface area contributed by atoms with E-state index in [1.807, 2.05) is 0 Å². The third-order valence-electron chi connectivity index (χ3n) is 5.35. The van der Waals surface area contributed by atoms with Crippen LogP contribution in [0.2, 0.25) is 0 Å². The minimum Gasteiger partial charge on any atom is -0.329 e. The van der Waals surface area contributed by atoms with Crippen molar-refractivity contribution < 1.29 is 0 Å². The molecule has 2 aliphatic rings. The van der Waals surface area contributed by atoms with Crippen molar-refractivity contribution in [1.29, 1.82) is 0 Å². The Bertz CT molecular complexity index is 239. The fourth-order valence-electron chi connectivity index (χ4n) is 4.42. The fourth-order valence-corrected chi connectivity index (χ4v) is 4.42. The van der Waals surface area contributed by atoms with Gasteiger partial charge in [-0.15, -0.1) is 0 Å². The monoisotopic (exact) mass is 252 g/mol. The van der Waals surface area contributed by atoms with Crippen molar-refractivity contribution in [3.05, 3.63) is 0 Å². The second-order valence-corrected chi connectivity index (χ2v) is 6.56. The summed E-state index contributed by atoms with van der Waals surface area (Å²) >= 11 is 0. The van der Waals surface area contributed by atoms with E-state index in [0.717, 1.165) is 24.4 Å².